The van der Waals surface area contributed by atoms with Gasteiger partial charge in [-0.3, -0.25) is 5.10 Å². The Labute approximate surface area is 133 Å². The van der Waals surface area contributed by atoms with Crippen LogP contribution in [0.15, 0.2) is 48.7 Å². The topological polar surface area (TPSA) is 62.8 Å². The molecule has 0 aliphatic heterocycles. The number of aryl methyl sites for hydroxylation is 1. The van der Waals surface area contributed by atoms with Gasteiger partial charge in [0.05, 0.1) is 18.8 Å². The predicted octanol–water partition coefficient (Wildman–Crippen LogP) is 4.17. The average molecular weight is 304 g/mol. The fourth-order valence-corrected chi connectivity index (χ4v) is 2.79. The van der Waals surface area contributed by atoms with Crippen LogP contribution in [0.3, 0.4) is 0 Å². The molecule has 0 radical (unpaired) electrons. The van der Waals surface area contributed by atoms with Crippen molar-refractivity contribution in [1.82, 2.24) is 15.2 Å². The predicted molar refractivity (Wildman–Crippen MR) is 92.4 cm³/mol. The van der Waals surface area contributed by atoms with E-state index < -0.39 is 0 Å². The van der Waals surface area contributed by atoms with Gasteiger partial charge in [0.25, 0.3) is 0 Å². The van der Waals surface area contributed by atoms with Crippen molar-refractivity contribution in [1.29, 1.82) is 0 Å². The van der Waals surface area contributed by atoms with E-state index in [-0.39, 0.29) is 0 Å². The number of hydrogen-bond donors (Lipinski definition) is 2. The maximum atomic E-state index is 5.43. The summed E-state index contributed by atoms with van der Waals surface area (Å²) in [4.78, 5) is 4.61. The molecule has 23 heavy (non-hydrogen) atoms. The maximum absolute atomic E-state index is 5.43. The van der Waals surface area contributed by atoms with Crippen molar-refractivity contribution in [2.24, 2.45) is 0 Å². The largest absolute Gasteiger partial charge is 0.494 e. The van der Waals surface area contributed by atoms with Gasteiger partial charge in [0, 0.05) is 27.8 Å². The first kappa shape index (κ1) is 13.6. The zero-order valence-corrected chi connectivity index (χ0v) is 12.9. The molecule has 5 nitrogen and oxygen atoms in total. The number of para-hydroxylation sites is 1. The van der Waals surface area contributed by atoms with Crippen molar-refractivity contribution < 1.29 is 4.74 Å². The quantitative estimate of drug-likeness (QED) is 0.596. The van der Waals surface area contributed by atoms with E-state index in [0.29, 0.717) is 0 Å². The second-order valence-corrected chi connectivity index (χ2v) is 5.46. The number of H-pyrrole nitrogens is 1. The molecule has 2 aromatic carbocycles. The van der Waals surface area contributed by atoms with Gasteiger partial charge in [0.2, 0.25) is 0 Å². The minimum absolute atomic E-state index is 0.776. The number of rotatable bonds is 3. The molecule has 0 atom stereocenters. The van der Waals surface area contributed by atoms with Gasteiger partial charge < -0.3 is 10.1 Å². The van der Waals surface area contributed by atoms with E-state index in [4.69, 9.17) is 4.74 Å². The Morgan fingerprint density at radius 1 is 1.13 bits per heavy atom. The van der Waals surface area contributed by atoms with Gasteiger partial charge >= 0.3 is 0 Å². The number of fused-ring (bicyclic) bond motifs is 2. The molecule has 4 aromatic rings. The van der Waals surface area contributed by atoms with Gasteiger partial charge in [-0.05, 0) is 37.3 Å². The van der Waals surface area contributed by atoms with Gasteiger partial charge in [-0.25, -0.2) is 4.98 Å². The van der Waals surface area contributed by atoms with E-state index in [1.807, 2.05) is 55.6 Å². The molecule has 0 aliphatic carbocycles. The first-order valence-electron chi connectivity index (χ1n) is 7.39. The molecule has 2 aromatic heterocycles. The van der Waals surface area contributed by atoms with E-state index in [9.17, 15) is 0 Å². The molecule has 0 fully saturated rings. The van der Waals surface area contributed by atoms with Crippen LogP contribution >= 0.6 is 0 Å². The molecule has 2 heterocycles. The zero-order valence-electron chi connectivity index (χ0n) is 12.9. The number of hydrogen-bond acceptors (Lipinski definition) is 4. The Morgan fingerprint density at radius 2 is 2.04 bits per heavy atom. The molecular formula is C18H16N4O. The summed E-state index contributed by atoms with van der Waals surface area (Å²) in [7, 11) is 1.66. The van der Waals surface area contributed by atoms with Gasteiger partial charge in [-0.15, -0.1) is 0 Å². The summed E-state index contributed by atoms with van der Waals surface area (Å²) in [5.41, 5.74) is 4.80. The van der Waals surface area contributed by atoms with Gasteiger partial charge in [-0.1, -0.05) is 12.1 Å². The molecule has 0 bridgehead atoms. The number of ether oxygens (including phenoxy) is 1. The molecule has 0 saturated heterocycles. The van der Waals surface area contributed by atoms with Crippen LogP contribution in [-0.4, -0.2) is 22.3 Å². The first-order chi connectivity index (χ1) is 11.2. The first-order valence-corrected chi connectivity index (χ1v) is 7.39. The van der Waals surface area contributed by atoms with E-state index in [0.717, 1.165) is 44.6 Å². The second kappa shape index (κ2) is 5.28. The number of aromatic nitrogens is 3. The lowest BCUT2D eigenvalue weighted by molar-refractivity contribution is 0.419. The van der Waals surface area contributed by atoms with Crippen molar-refractivity contribution in [3.63, 3.8) is 0 Å². The maximum Gasteiger partial charge on any atom is 0.145 e. The number of nitrogens with zero attached hydrogens (tertiary/aromatic N) is 2. The van der Waals surface area contributed by atoms with Crippen LogP contribution in [-0.2, 0) is 0 Å². The molecule has 4 rings (SSSR count). The van der Waals surface area contributed by atoms with Crippen molar-refractivity contribution in [3.05, 3.63) is 54.4 Å². The SMILES string of the molecule is COc1cccc2c(Nc3ccc4cn[nH]c4c3)cc(C)nc12. The summed E-state index contributed by atoms with van der Waals surface area (Å²) < 4.78 is 5.43. The molecular weight excluding hydrogens is 288 g/mol. The van der Waals surface area contributed by atoms with Crippen LogP contribution in [0.2, 0.25) is 0 Å². The van der Waals surface area contributed by atoms with E-state index >= 15 is 0 Å². The molecule has 114 valence electrons. The molecule has 0 aliphatic rings. The summed E-state index contributed by atoms with van der Waals surface area (Å²) in [5, 5.41) is 12.6. The zero-order chi connectivity index (χ0) is 15.8. The Hall–Kier alpha value is -3.08. The Bertz CT molecular complexity index is 1010. The number of methoxy groups -OCH3 is 1. The van der Waals surface area contributed by atoms with E-state index in [2.05, 4.69) is 20.5 Å². The second-order valence-electron chi connectivity index (χ2n) is 5.46. The Balaban J connectivity index is 1.84. The summed E-state index contributed by atoms with van der Waals surface area (Å²) in [5.74, 6) is 0.776. The van der Waals surface area contributed by atoms with E-state index in [1.165, 1.54) is 0 Å². The van der Waals surface area contributed by atoms with Crippen molar-refractivity contribution >= 4 is 33.2 Å². The molecule has 0 amide bonds. The summed E-state index contributed by atoms with van der Waals surface area (Å²) in [6, 6.07) is 14.1. The molecule has 5 heteroatoms. The Kier molecular flexibility index (Phi) is 3.12. The third-order valence-corrected chi connectivity index (χ3v) is 3.87. The minimum atomic E-state index is 0.776. The monoisotopic (exact) mass is 304 g/mol. The smallest absolute Gasteiger partial charge is 0.145 e. The number of benzene rings is 2. The highest BCUT2D eigenvalue weighted by Crippen LogP contribution is 2.32. The van der Waals surface area contributed by atoms with Gasteiger partial charge in [0.15, 0.2) is 0 Å². The molecule has 2 N–H and O–H groups in total. The number of anilines is 2. The lowest BCUT2D eigenvalue weighted by Gasteiger charge is -2.12. The molecule has 0 spiro atoms. The van der Waals surface area contributed by atoms with Crippen LogP contribution < -0.4 is 10.1 Å². The lowest BCUT2D eigenvalue weighted by atomic mass is 10.1. The third-order valence-electron chi connectivity index (χ3n) is 3.87. The molecule has 0 unspecified atom stereocenters. The van der Waals surface area contributed by atoms with Crippen LogP contribution in [0.5, 0.6) is 5.75 Å². The number of pyridine rings is 1. The molecule has 0 saturated carbocycles. The van der Waals surface area contributed by atoms with Crippen molar-refractivity contribution in [3.8, 4) is 5.75 Å². The highest BCUT2D eigenvalue weighted by molar-refractivity contribution is 5.97. The fourth-order valence-electron chi connectivity index (χ4n) is 2.79. The van der Waals surface area contributed by atoms with Crippen LogP contribution in [0.1, 0.15) is 5.69 Å². The van der Waals surface area contributed by atoms with Crippen molar-refractivity contribution in [2.75, 3.05) is 12.4 Å². The van der Waals surface area contributed by atoms with E-state index in [1.54, 1.807) is 7.11 Å². The van der Waals surface area contributed by atoms with Crippen LogP contribution in [0.25, 0.3) is 21.8 Å². The number of aromatic amines is 1. The van der Waals surface area contributed by atoms with Crippen LogP contribution in [0.4, 0.5) is 11.4 Å². The number of nitrogens with one attached hydrogen (secondary N) is 2. The summed E-state index contributed by atoms with van der Waals surface area (Å²) in [6.45, 7) is 1.98. The van der Waals surface area contributed by atoms with Gasteiger partial charge in [-0.2, -0.15) is 5.10 Å². The lowest BCUT2D eigenvalue weighted by Crippen LogP contribution is -1.96. The highest BCUT2D eigenvalue weighted by Gasteiger charge is 2.09. The fraction of sp³-hybridized carbons (Fsp3) is 0.111. The highest BCUT2D eigenvalue weighted by atomic mass is 16.5. The summed E-state index contributed by atoms with van der Waals surface area (Å²) >= 11 is 0. The Morgan fingerprint density at radius 3 is 2.91 bits per heavy atom. The van der Waals surface area contributed by atoms with Gasteiger partial charge in [0.1, 0.15) is 11.3 Å². The average Bonchev–Trinajstić information content (AvgIpc) is 3.02. The summed E-state index contributed by atoms with van der Waals surface area (Å²) in [6.07, 6.45) is 1.82. The van der Waals surface area contributed by atoms with Crippen molar-refractivity contribution in [2.45, 2.75) is 6.92 Å². The third kappa shape index (κ3) is 2.36. The standard InChI is InChI=1S/C18H16N4O/c1-11-8-16(14-4-3-5-17(23-2)18(14)20-11)21-13-7-6-12-10-19-22-15(12)9-13/h3-10H,1-2H3,(H,19,22)(H,20,21). The van der Waals surface area contributed by atoms with Crippen LogP contribution in [0, 0.1) is 6.92 Å². The minimum Gasteiger partial charge on any atom is -0.494 e. The normalized spacial score (nSPS) is 11.0.